The molecule has 1 amide bonds. The number of aromatic amines is 1. The van der Waals surface area contributed by atoms with Gasteiger partial charge in [-0.05, 0) is 67.4 Å². The zero-order chi connectivity index (χ0) is 24.7. The van der Waals surface area contributed by atoms with Crippen LogP contribution < -0.4 is 10.2 Å². The van der Waals surface area contributed by atoms with Gasteiger partial charge in [0, 0.05) is 29.9 Å². The number of fused-ring (bicyclic) bond motifs is 1. The molecule has 184 valence electrons. The molecule has 0 atom stereocenters. The maximum absolute atomic E-state index is 13.1. The van der Waals surface area contributed by atoms with Crippen molar-refractivity contribution in [1.29, 1.82) is 0 Å². The zero-order valence-electron chi connectivity index (χ0n) is 19.5. The minimum atomic E-state index is -2.67. The number of rotatable bonds is 6. The maximum atomic E-state index is 13.1. The van der Waals surface area contributed by atoms with Crippen molar-refractivity contribution in [1.82, 2.24) is 25.1 Å². The van der Waals surface area contributed by atoms with Crippen LogP contribution in [0.15, 0.2) is 55.0 Å². The Kier molecular flexibility index (Phi) is 5.60. The van der Waals surface area contributed by atoms with Gasteiger partial charge in [0.15, 0.2) is 5.69 Å². The minimum Gasteiger partial charge on any atom is -0.344 e. The Morgan fingerprint density at radius 1 is 1.03 bits per heavy atom. The van der Waals surface area contributed by atoms with Crippen LogP contribution in [0, 0.1) is 0 Å². The van der Waals surface area contributed by atoms with Crippen LogP contribution in [-0.2, 0) is 6.54 Å². The summed E-state index contributed by atoms with van der Waals surface area (Å²) in [6.45, 7) is 2.44. The number of nitrogens with one attached hydrogen (secondary N) is 2. The van der Waals surface area contributed by atoms with E-state index >= 15 is 0 Å². The second-order valence-corrected chi connectivity index (χ2v) is 9.47. The Morgan fingerprint density at radius 2 is 1.86 bits per heavy atom. The zero-order valence-corrected chi connectivity index (χ0v) is 19.5. The molecule has 0 unspecified atom stereocenters. The minimum absolute atomic E-state index is 0.263. The number of halogens is 2. The number of aromatic nitrogens is 4. The lowest BCUT2D eigenvalue weighted by Gasteiger charge is -2.39. The topological polar surface area (TPSA) is 90.0 Å². The van der Waals surface area contributed by atoms with E-state index in [-0.39, 0.29) is 24.7 Å². The molecule has 2 aliphatic rings. The summed E-state index contributed by atoms with van der Waals surface area (Å²) >= 11 is 0. The average molecular weight is 490 g/mol. The van der Waals surface area contributed by atoms with Gasteiger partial charge in [-0.2, -0.15) is 5.10 Å². The summed E-state index contributed by atoms with van der Waals surface area (Å²) in [5.74, 6) is -2.60. The molecule has 0 saturated carbocycles. The average Bonchev–Trinajstić information content (AvgIpc) is 3.53. The van der Waals surface area contributed by atoms with Crippen molar-refractivity contribution in [3.63, 3.8) is 0 Å². The van der Waals surface area contributed by atoms with Crippen LogP contribution in [0.4, 0.5) is 20.3 Å². The van der Waals surface area contributed by atoms with Gasteiger partial charge in [0.25, 0.3) is 11.8 Å². The van der Waals surface area contributed by atoms with Crippen molar-refractivity contribution in [3.05, 3.63) is 66.2 Å². The number of pyridine rings is 2. The number of H-pyrrole nitrogens is 1. The molecule has 1 aromatic carbocycles. The lowest BCUT2D eigenvalue weighted by Crippen LogP contribution is -2.56. The number of anilines is 2. The van der Waals surface area contributed by atoms with Crippen molar-refractivity contribution in [2.75, 3.05) is 36.4 Å². The molecule has 0 bridgehead atoms. The smallest absolute Gasteiger partial charge is 0.282 e. The first-order valence-electron chi connectivity index (χ1n) is 12.0. The predicted molar refractivity (Wildman–Crippen MR) is 133 cm³/mol. The summed E-state index contributed by atoms with van der Waals surface area (Å²) in [5.41, 5.74) is 4.57. The standard InChI is InChI=1S/C26H25F2N7O/c27-26(28)15-35(16-26)23-6-4-20(13-30-23)31-25(36)24-21-10-18(3-5-22(21)32-33-24)19-9-17(11-29-12-19)14-34-7-1-2-8-34/h3-6,9-13H,1-2,7-8,14-16H2,(H,31,36)(H,32,33). The number of amides is 1. The number of likely N-dealkylation sites (tertiary alicyclic amines) is 1. The number of benzene rings is 1. The van der Waals surface area contributed by atoms with Crippen LogP contribution in [0.1, 0.15) is 28.9 Å². The first-order chi connectivity index (χ1) is 17.4. The van der Waals surface area contributed by atoms with Gasteiger partial charge in [0.2, 0.25) is 0 Å². The van der Waals surface area contributed by atoms with Gasteiger partial charge >= 0.3 is 0 Å². The quantitative estimate of drug-likeness (QED) is 0.419. The van der Waals surface area contributed by atoms with E-state index in [1.807, 2.05) is 30.6 Å². The third kappa shape index (κ3) is 4.51. The van der Waals surface area contributed by atoms with E-state index in [0.717, 1.165) is 41.8 Å². The lowest BCUT2D eigenvalue weighted by atomic mass is 10.0. The fraction of sp³-hybridized carbons (Fsp3) is 0.308. The highest BCUT2D eigenvalue weighted by atomic mass is 19.3. The Bertz CT molecular complexity index is 1410. The summed E-state index contributed by atoms with van der Waals surface area (Å²) in [5, 5.41) is 10.6. The van der Waals surface area contributed by atoms with Gasteiger partial charge in [-0.3, -0.25) is 19.8 Å². The van der Waals surface area contributed by atoms with Crippen molar-refractivity contribution in [2.45, 2.75) is 25.3 Å². The summed E-state index contributed by atoms with van der Waals surface area (Å²) in [6.07, 6.45) is 7.68. The molecule has 6 rings (SSSR count). The predicted octanol–water partition coefficient (Wildman–Crippen LogP) is 4.32. The maximum Gasteiger partial charge on any atom is 0.282 e. The number of nitrogens with zero attached hydrogens (tertiary/aromatic N) is 5. The molecule has 5 heterocycles. The molecule has 10 heteroatoms. The Balaban J connectivity index is 1.19. The second kappa shape index (κ2) is 8.94. The number of carbonyl (C=O) groups is 1. The molecule has 2 fully saturated rings. The number of hydrogen-bond donors (Lipinski definition) is 2. The van der Waals surface area contributed by atoms with E-state index < -0.39 is 5.92 Å². The van der Waals surface area contributed by atoms with Crippen molar-refractivity contribution in [2.24, 2.45) is 0 Å². The molecule has 2 saturated heterocycles. The Labute approximate surface area is 206 Å². The number of hydrogen-bond acceptors (Lipinski definition) is 6. The van der Waals surface area contributed by atoms with Gasteiger partial charge < -0.3 is 10.2 Å². The first kappa shape index (κ1) is 22.5. The largest absolute Gasteiger partial charge is 0.344 e. The molecule has 0 spiro atoms. The van der Waals surface area contributed by atoms with Gasteiger partial charge in [-0.1, -0.05) is 6.07 Å². The van der Waals surface area contributed by atoms with Crippen LogP contribution in [0.3, 0.4) is 0 Å². The molecule has 2 aliphatic heterocycles. The van der Waals surface area contributed by atoms with E-state index in [4.69, 9.17) is 0 Å². The molecule has 0 aliphatic carbocycles. The molecular formula is C26H25F2N7O. The Morgan fingerprint density at radius 3 is 2.61 bits per heavy atom. The van der Waals surface area contributed by atoms with E-state index in [2.05, 4.69) is 36.4 Å². The Hall–Kier alpha value is -3.92. The van der Waals surface area contributed by atoms with Crippen LogP contribution in [0.2, 0.25) is 0 Å². The molecule has 0 radical (unpaired) electrons. The normalized spacial score (nSPS) is 17.3. The van der Waals surface area contributed by atoms with Gasteiger partial charge in [0.05, 0.1) is 30.5 Å². The van der Waals surface area contributed by atoms with E-state index in [1.54, 1.807) is 12.1 Å². The SMILES string of the molecule is O=C(Nc1ccc(N2CC(F)(F)C2)nc1)c1n[nH]c2ccc(-c3cncc(CN4CCCC4)c3)cc12. The fourth-order valence-corrected chi connectivity index (χ4v) is 4.81. The lowest BCUT2D eigenvalue weighted by molar-refractivity contribution is -0.0267. The highest BCUT2D eigenvalue weighted by Gasteiger charge is 2.44. The monoisotopic (exact) mass is 489 g/mol. The van der Waals surface area contributed by atoms with Gasteiger partial charge in [0.1, 0.15) is 5.82 Å². The highest BCUT2D eigenvalue weighted by Crippen LogP contribution is 2.31. The van der Waals surface area contributed by atoms with E-state index in [1.165, 1.54) is 23.9 Å². The number of carbonyl (C=O) groups excluding carboxylic acids is 1. The summed E-state index contributed by atoms with van der Waals surface area (Å²) in [4.78, 5) is 25.6. The van der Waals surface area contributed by atoms with Crippen LogP contribution in [-0.4, -0.2) is 63.1 Å². The second-order valence-electron chi connectivity index (χ2n) is 9.47. The van der Waals surface area contributed by atoms with Crippen LogP contribution >= 0.6 is 0 Å². The van der Waals surface area contributed by atoms with Crippen molar-refractivity contribution < 1.29 is 13.6 Å². The summed E-state index contributed by atoms with van der Waals surface area (Å²) < 4.78 is 26.2. The summed E-state index contributed by atoms with van der Waals surface area (Å²) in [7, 11) is 0. The first-order valence-corrected chi connectivity index (χ1v) is 12.0. The van der Waals surface area contributed by atoms with Crippen LogP contribution in [0.5, 0.6) is 0 Å². The third-order valence-electron chi connectivity index (χ3n) is 6.69. The molecule has 4 aromatic rings. The molecule has 8 nitrogen and oxygen atoms in total. The van der Waals surface area contributed by atoms with Gasteiger partial charge in [-0.15, -0.1) is 0 Å². The molecular weight excluding hydrogens is 464 g/mol. The van der Waals surface area contributed by atoms with E-state index in [9.17, 15) is 13.6 Å². The van der Waals surface area contributed by atoms with Crippen molar-refractivity contribution in [3.8, 4) is 11.1 Å². The summed E-state index contributed by atoms with van der Waals surface area (Å²) in [6, 6.07) is 11.2. The van der Waals surface area contributed by atoms with E-state index in [0.29, 0.717) is 16.9 Å². The molecule has 3 aromatic heterocycles. The number of alkyl halides is 2. The highest BCUT2D eigenvalue weighted by molar-refractivity contribution is 6.11. The molecule has 2 N–H and O–H groups in total. The fourth-order valence-electron chi connectivity index (χ4n) is 4.81. The van der Waals surface area contributed by atoms with Gasteiger partial charge in [-0.25, -0.2) is 13.8 Å². The molecule has 36 heavy (non-hydrogen) atoms. The third-order valence-corrected chi connectivity index (χ3v) is 6.69. The van der Waals surface area contributed by atoms with Crippen molar-refractivity contribution >= 4 is 28.3 Å². The van der Waals surface area contributed by atoms with Crippen LogP contribution in [0.25, 0.3) is 22.0 Å².